The quantitative estimate of drug-likeness (QED) is 0.906. The van der Waals surface area contributed by atoms with E-state index in [0.717, 1.165) is 12.1 Å². The number of aromatic carboxylic acids is 1. The summed E-state index contributed by atoms with van der Waals surface area (Å²) in [7, 11) is -4.22. The first-order chi connectivity index (χ1) is 10.2. The molecular formula is C15H14FNO4S. The third kappa shape index (κ3) is 3.09. The van der Waals surface area contributed by atoms with E-state index in [0.29, 0.717) is 11.1 Å². The van der Waals surface area contributed by atoms with Gasteiger partial charge in [-0.15, -0.1) is 0 Å². The van der Waals surface area contributed by atoms with Crippen molar-refractivity contribution >= 4 is 21.7 Å². The minimum Gasteiger partial charge on any atom is -0.478 e. The van der Waals surface area contributed by atoms with Crippen molar-refractivity contribution in [2.24, 2.45) is 0 Å². The van der Waals surface area contributed by atoms with Gasteiger partial charge < -0.3 is 5.11 Å². The Bertz CT molecular complexity index is 847. The lowest BCUT2D eigenvalue weighted by molar-refractivity contribution is 0.0697. The molecule has 0 aliphatic heterocycles. The Morgan fingerprint density at radius 2 is 1.86 bits per heavy atom. The van der Waals surface area contributed by atoms with E-state index in [1.54, 1.807) is 19.9 Å². The average molecular weight is 323 g/mol. The fraction of sp³-hybridized carbons (Fsp3) is 0.133. The molecule has 2 N–H and O–H groups in total. The van der Waals surface area contributed by atoms with E-state index >= 15 is 0 Å². The van der Waals surface area contributed by atoms with Crippen LogP contribution in [0.15, 0.2) is 41.3 Å². The number of benzene rings is 2. The van der Waals surface area contributed by atoms with Crippen LogP contribution in [0, 0.1) is 19.7 Å². The van der Waals surface area contributed by atoms with E-state index < -0.39 is 26.7 Å². The minimum absolute atomic E-state index is 0.104. The summed E-state index contributed by atoms with van der Waals surface area (Å²) < 4.78 is 40.5. The standard InChI is InChI=1S/C15H14FNO4S/c1-9-6-7-13(11(16)8-9)22(20,21)17-12-5-3-4-10(2)14(12)15(18)19/h3-8,17H,1-2H3,(H,18,19). The summed E-state index contributed by atoms with van der Waals surface area (Å²) >= 11 is 0. The van der Waals surface area contributed by atoms with Gasteiger partial charge in [0, 0.05) is 0 Å². The van der Waals surface area contributed by atoms with E-state index in [2.05, 4.69) is 4.72 Å². The maximum absolute atomic E-state index is 13.9. The highest BCUT2D eigenvalue weighted by atomic mass is 32.2. The van der Waals surface area contributed by atoms with Gasteiger partial charge in [-0.25, -0.2) is 17.6 Å². The van der Waals surface area contributed by atoms with Crippen molar-refractivity contribution in [1.82, 2.24) is 0 Å². The summed E-state index contributed by atoms with van der Waals surface area (Å²) in [6.45, 7) is 3.18. The second kappa shape index (κ2) is 5.76. The van der Waals surface area contributed by atoms with Gasteiger partial charge in [0.25, 0.3) is 10.0 Å². The molecule has 116 valence electrons. The number of rotatable bonds is 4. The van der Waals surface area contributed by atoms with Crippen LogP contribution in [-0.4, -0.2) is 19.5 Å². The zero-order valence-electron chi connectivity index (χ0n) is 11.9. The first kappa shape index (κ1) is 16.0. The molecule has 0 aliphatic carbocycles. The van der Waals surface area contributed by atoms with Crippen LogP contribution in [0.2, 0.25) is 0 Å². The Morgan fingerprint density at radius 3 is 2.45 bits per heavy atom. The van der Waals surface area contributed by atoms with Crippen LogP contribution in [0.1, 0.15) is 21.5 Å². The van der Waals surface area contributed by atoms with E-state index in [1.165, 1.54) is 18.2 Å². The number of sulfonamides is 1. The molecule has 0 aromatic heterocycles. The molecule has 0 heterocycles. The normalized spacial score (nSPS) is 11.2. The van der Waals surface area contributed by atoms with Crippen molar-refractivity contribution in [2.75, 3.05) is 4.72 Å². The minimum atomic E-state index is -4.22. The van der Waals surface area contributed by atoms with Crippen LogP contribution in [0.4, 0.5) is 10.1 Å². The number of hydrogen-bond donors (Lipinski definition) is 2. The summed E-state index contributed by atoms with van der Waals surface area (Å²) in [5.41, 5.74) is 0.710. The number of carboxylic acids is 1. The number of anilines is 1. The molecule has 5 nitrogen and oxygen atoms in total. The molecule has 2 aromatic rings. The largest absolute Gasteiger partial charge is 0.478 e. The van der Waals surface area contributed by atoms with E-state index in [9.17, 15) is 22.7 Å². The summed E-state index contributed by atoms with van der Waals surface area (Å²) in [5, 5.41) is 9.20. The SMILES string of the molecule is Cc1ccc(S(=O)(=O)Nc2cccc(C)c2C(=O)O)c(F)c1. The molecule has 0 spiro atoms. The smallest absolute Gasteiger partial charge is 0.338 e. The monoisotopic (exact) mass is 323 g/mol. The molecule has 2 rings (SSSR count). The maximum Gasteiger partial charge on any atom is 0.338 e. The van der Waals surface area contributed by atoms with Gasteiger partial charge in [0.15, 0.2) is 0 Å². The van der Waals surface area contributed by atoms with Crippen molar-refractivity contribution < 1.29 is 22.7 Å². The number of hydrogen-bond acceptors (Lipinski definition) is 3. The fourth-order valence-corrected chi connectivity index (χ4v) is 3.19. The summed E-state index contributed by atoms with van der Waals surface area (Å²) in [4.78, 5) is 10.7. The Kier molecular flexibility index (Phi) is 4.18. The molecule has 0 amide bonds. The van der Waals surface area contributed by atoms with Crippen LogP contribution in [0.25, 0.3) is 0 Å². The molecule has 0 unspecified atom stereocenters. The molecule has 2 aromatic carbocycles. The van der Waals surface area contributed by atoms with Crippen molar-refractivity contribution in [1.29, 1.82) is 0 Å². The second-order valence-corrected chi connectivity index (χ2v) is 6.49. The van der Waals surface area contributed by atoms with Gasteiger partial charge in [0.2, 0.25) is 0 Å². The molecule has 0 atom stereocenters. The average Bonchev–Trinajstić information content (AvgIpc) is 2.36. The molecule has 0 saturated heterocycles. The van der Waals surface area contributed by atoms with Crippen LogP contribution in [0.5, 0.6) is 0 Å². The first-order valence-electron chi connectivity index (χ1n) is 6.34. The number of halogens is 1. The van der Waals surface area contributed by atoms with Gasteiger partial charge in [0.1, 0.15) is 10.7 Å². The van der Waals surface area contributed by atoms with Gasteiger partial charge in [-0.1, -0.05) is 18.2 Å². The zero-order chi connectivity index (χ0) is 16.5. The number of nitrogens with one attached hydrogen (secondary N) is 1. The second-order valence-electron chi connectivity index (χ2n) is 4.84. The molecule has 0 aliphatic rings. The topological polar surface area (TPSA) is 83.5 Å². The lowest BCUT2D eigenvalue weighted by atomic mass is 10.1. The van der Waals surface area contributed by atoms with Crippen molar-refractivity contribution in [3.8, 4) is 0 Å². The van der Waals surface area contributed by atoms with Gasteiger partial charge in [-0.2, -0.15) is 0 Å². The predicted octanol–water partition coefficient (Wildman–Crippen LogP) is 2.94. The zero-order valence-corrected chi connectivity index (χ0v) is 12.7. The molecule has 0 radical (unpaired) electrons. The maximum atomic E-state index is 13.9. The Labute approximate surface area is 127 Å². The van der Waals surface area contributed by atoms with Crippen LogP contribution < -0.4 is 4.72 Å². The highest BCUT2D eigenvalue weighted by Gasteiger charge is 2.22. The van der Waals surface area contributed by atoms with Crippen molar-refractivity contribution in [3.63, 3.8) is 0 Å². The highest BCUT2D eigenvalue weighted by Crippen LogP contribution is 2.24. The summed E-state index contributed by atoms with van der Waals surface area (Å²) in [5.74, 6) is -2.16. The number of carboxylic acid groups (broad SMARTS) is 1. The van der Waals surface area contributed by atoms with Gasteiger partial charge >= 0.3 is 5.97 Å². The predicted molar refractivity (Wildman–Crippen MR) is 80.1 cm³/mol. The van der Waals surface area contributed by atoms with Crippen LogP contribution in [0.3, 0.4) is 0 Å². The first-order valence-corrected chi connectivity index (χ1v) is 7.82. The number of carbonyl (C=O) groups is 1. The van der Waals surface area contributed by atoms with Gasteiger partial charge in [0.05, 0.1) is 11.3 Å². The third-order valence-electron chi connectivity index (χ3n) is 3.11. The summed E-state index contributed by atoms with van der Waals surface area (Å²) in [6.07, 6.45) is 0. The van der Waals surface area contributed by atoms with E-state index in [4.69, 9.17) is 0 Å². The highest BCUT2D eigenvalue weighted by molar-refractivity contribution is 7.92. The van der Waals surface area contributed by atoms with Crippen molar-refractivity contribution in [2.45, 2.75) is 18.7 Å². The molecule has 0 fully saturated rings. The van der Waals surface area contributed by atoms with Crippen LogP contribution >= 0.6 is 0 Å². The Balaban J connectivity index is 2.50. The van der Waals surface area contributed by atoms with Gasteiger partial charge in [-0.05, 0) is 43.2 Å². The third-order valence-corrected chi connectivity index (χ3v) is 4.51. The fourth-order valence-electron chi connectivity index (χ4n) is 2.06. The Hall–Kier alpha value is -2.41. The lowest BCUT2D eigenvalue weighted by Gasteiger charge is -2.13. The molecule has 0 bridgehead atoms. The molecular weight excluding hydrogens is 309 g/mol. The molecule has 22 heavy (non-hydrogen) atoms. The molecule has 7 heteroatoms. The van der Waals surface area contributed by atoms with E-state index in [-0.39, 0.29) is 11.3 Å². The summed E-state index contributed by atoms with van der Waals surface area (Å²) in [6, 6.07) is 8.09. The van der Waals surface area contributed by atoms with Gasteiger partial charge in [-0.3, -0.25) is 4.72 Å². The lowest BCUT2D eigenvalue weighted by Crippen LogP contribution is -2.17. The van der Waals surface area contributed by atoms with Crippen molar-refractivity contribution in [3.05, 3.63) is 58.9 Å². The number of aryl methyl sites for hydroxylation is 2. The molecule has 0 saturated carbocycles. The van der Waals surface area contributed by atoms with Crippen LogP contribution in [-0.2, 0) is 10.0 Å². The Morgan fingerprint density at radius 1 is 1.18 bits per heavy atom. The van der Waals surface area contributed by atoms with E-state index in [1.807, 2.05) is 0 Å².